The highest BCUT2D eigenvalue weighted by molar-refractivity contribution is 5.83. The Hall–Kier alpha value is -1.57. The minimum atomic E-state index is -1.05. The van der Waals surface area contributed by atoms with Crippen LogP contribution in [0.2, 0.25) is 0 Å². The van der Waals surface area contributed by atoms with E-state index in [0.29, 0.717) is 0 Å². The van der Waals surface area contributed by atoms with Gasteiger partial charge < -0.3 is 10.4 Å². The number of nitrogens with one attached hydrogen (secondary N) is 1. The van der Waals surface area contributed by atoms with Crippen molar-refractivity contribution in [2.75, 3.05) is 0 Å². The third-order valence-electron chi connectivity index (χ3n) is 1.71. The van der Waals surface area contributed by atoms with Gasteiger partial charge in [-0.05, 0) is 5.92 Å². The van der Waals surface area contributed by atoms with E-state index < -0.39 is 17.9 Å². The Kier molecular flexibility index (Phi) is 5.30. The van der Waals surface area contributed by atoms with Crippen LogP contribution in [0.5, 0.6) is 0 Å². The number of nitriles is 1. The highest BCUT2D eigenvalue weighted by atomic mass is 16.4. The molecular weight excluding hydrogens is 184 g/mol. The van der Waals surface area contributed by atoms with Gasteiger partial charge in [0.25, 0.3) is 0 Å². The minimum absolute atomic E-state index is 0.0486. The first kappa shape index (κ1) is 12.4. The van der Waals surface area contributed by atoms with Crippen LogP contribution >= 0.6 is 0 Å². The maximum atomic E-state index is 11.1. The molecule has 5 heteroatoms. The average Bonchev–Trinajstić information content (AvgIpc) is 2.09. The molecule has 0 heterocycles. The number of rotatable bonds is 5. The van der Waals surface area contributed by atoms with Gasteiger partial charge in [-0.2, -0.15) is 5.26 Å². The van der Waals surface area contributed by atoms with Crippen LogP contribution in [-0.4, -0.2) is 23.0 Å². The van der Waals surface area contributed by atoms with Crippen molar-refractivity contribution >= 4 is 11.9 Å². The van der Waals surface area contributed by atoms with E-state index in [-0.39, 0.29) is 18.8 Å². The van der Waals surface area contributed by atoms with Gasteiger partial charge in [-0.15, -0.1) is 0 Å². The van der Waals surface area contributed by atoms with Gasteiger partial charge in [0.1, 0.15) is 6.04 Å². The van der Waals surface area contributed by atoms with Crippen molar-refractivity contribution in [1.82, 2.24) is 5.32 Å². The summed E-state index contributed by atoms with van der Waals surface area (Å²) in [6, 6.07) is 0.948. The van der Waals surface area contributed by atoms with Crippen molar-refractivity contribution in [3.05, 3.63) is 0 Å². The summed E-state index contributed by atoms with van der Waals surface area (Å²) in [5.41, 5.74) is 0. The molecule has 0 aliphatic carbocycles. The number of nitrogens with zero attached hydrogens (tertiary/aromatic N) is 1. The third-order valence-corrected chi connectivity index (χ3v) is 1.71. The van der Waals surface area contributed by atoms with Crippen LogP contribution in [0.25, 0.3) is 0 Å². The highest BCUT2D eigenvalue weighted by Gasteiger charge is 2.22. The Morgan fingerprint density at radius 2 is 2.07 bits per heavy atom. The molecule has 2 N–H and O–H groups in total. The quantitative estimate of drug-likeness (QED) is 0.673. The maximum absolute atomic E-state index is 11.1. The first-order valence-electron chi connectivity index (χ1n) is 4.38. The number of amides is 1. The van der Waals surface area contributed by atoms with Gasteiger partial charge in [-0.1, -0.05) is 13.8 Å². The fourth-order valence-corrected chi connectivity index (χ4v) is 0.929. The molecule has 0 unspecified atom stereocenters. The van der Waals surface area contributed by atoms with Crippen molar-refractivity contribution in [3.63, 3.8) is 0 Å². The lowest BCUT2D eigenvalue weighted by molar-refractivity contribution is -0.143. The molecule has 1 amide bonds. The van der Waals surface area contributed by atoms with Gasteiger partial charge in [-0.25, -0.2) is 4.79 Å². The topological polar surface area (TPSA) is 90.2 Å². The van der Waals surface area contributed by atoms with Crippen LogP contribution < -0.4 is 5.32 Å². The molecular formula is C9H14N2O3. The molecule has 0 saturated carbocycles. The van der Waals surface area contributed by atoms with E-state index in [9.17, 15) is 9.59 Å². The molecule has 0 aromatic rings. The van der Waals surface area contributed by atoms with Crippen LogP contribution in [-0.2, 0) is 9.59 Å². The summed E-state index contributed by atoms with van der Waals surface area (Å²) >= 11 is 0. The molecule has 0 fully saturated rings. The van der Waals surface area contributed by atoms with Gasteiger partial charge in [0.15, 0.2) is 0 Å². The molecule has 0 aromatic carbocycles. The summed E-state index contributed by atoms with van der Waals surface area (Å²) in [5, 5.41) is 19.3. The van der Waals surface area contributed by atoms with Gasteiger partial charge in [0.2, 0.25) is 5.91 Å². The van der Waals surface area contributed by atoms with Gasteiger partial charge in [-0.3, -0.25) is 4.79 Å². The van der Waals surface area contributed by atoms with Crippen LogP contribution in [0.1, 0.15) is 26.7 Å². The van der Waals surface area contributed by atoms with Crippen molar-refractivity contribution < 1.29 is 14.7 Å². The second-order valence-electron chi connectivity index (χ2n) is 3.29. The zero-order valence-electron chi connectivity index (χ0n) is 8.28. The predicted molar refractivity (Wildman–Crippen MR) is 49.3 cm³/mol. The van der Waals surface area contributed by atoms with Crippen LogP contribution in [0.15, 0.2) is 0 Å². The Bertz CT molecular complexity index is 255. The van der Waals surface area contributed by atoms with E-state index in [1.54, 1.807) is 13.8 Å². The first-order chi connectivity index (χ1) is 6.49. The number of carbonyl (C=O) groups is 2. The van der Waals surface area contributed by atoms with E-state index in [0.717, 1.165) is 0 Å². The molecule has 0 radical (unpaired) electrons. The van der Waals surface area contributed by atoms with Crippen LogP contribution in [0.3, 0.4) is 0 Å². The van der Waals surface area contributed by atoms with E-state index in [2.05, 4.69) is 5.32 Å². The fourth-order valence-electron chi connectivity index (χ4n) is 0.929. The van der Waals surface area contributed by atoms with Crippen molar-refractivity contribution in [2.24, 2.45) is 5.92 Å². The second-order valence-corrected chi connectivity index (χ2v) is 3.29. The molecule has 5 nitrogen and oxygen atoms in total. The Labute approximate surface area is 82.7 Å². The van der Waals surface area contributed by atoms with Crippen LogP contribution in [0, 0.1) is 17.2 Å². The Morgan fingerprint density at radius 3 is 2.43 bits per heavy atom. The summed E-state index contributed by atoms with van der Waals surface area (Å²) in [4.78, 5) is 21.8. The van der Waals surface area contributed by atoms with E-state index in [1.807, 2.05) is 6.07 Å². The second kappa shape index (κ2) is 5.97. The summed E-state index contributed by atoms with van der Waals surface area (Å²) in [6.45, 7) is 3.42. The van der Waals surface area contributed by atoms with Crippen LogP contribution in [0.4, 0.5) is 0 Å². The lowest BCUT2D eigenvalue weighted by atomic mass is 10.0. The summed E-state index contributed by atoms with van der Waals surface area (Å²) in [6.07, 6.45) is 0.156. The molecule has 0 aliphatic heterocycles. The summed E-state index contributed by atoms with van der Waals surface area (Å²) in [5.74, 6) is -1.61. The molecule has 0 aromatic heterocycles. The van der Waals surface area contributed by atoms with E-state index >= 15 is 0 Å². The minimum Gasteiger partial charge on any atom is -0.480 e. The summed E-state index contributed by atoms with van der Waals surface area (Å²) in [7, 11) is 0. The number of carbonyl (C=O) groups excluding carboxylic acids is 1. The molecule has 0 bridgehead atoms. The number of carboxylic acid groups (broad SMARTS) is 1. The first-order valence-corrected chi connectivity index (χ1v) is 4.38. The highest BCUT2D eigenvalue weighted by Crippen LogP contribution is 2.02. The van der Waals surface area contributed by atoms with E-state index in [4.69, 9.17) is 10.4 Å². The standard InChI is InChI=1S/C9H14N2O3/c1-6(2)8(9(13)14)11-7(12)4-3-5-10/h6,8H,3-4H2,1-2H3,(H,11,12)(H,13,14)/t8-/m0/s1. The molecule has 0 aliphatic rings. The Balaban J connectivity index is 4.12. The van der Waals surface area contributed by atoms with Crippen molar-refractivity contribution in [3.8, 4) is 6.07 Å². The van der Waals surface area contributed by atoms with E-state index in [1.165, 1.54) is 0 Å². The molecule has 14 heavy (non-hydrogen) atoms. The average molecular weight is 198 g/mol. The molecule has 78 valence electrons. The molecule has 0 saturated heterocycles. The van der Waals surface area contributed by atoms with Crippen molar-refractivity contribution in [2.45, 2.75) is 32.7 Å². The fraction of sp³-hybridized carbons (Fsp3) is 0.667. The normalized spacial score (nSPS) is 11.9. The largest absolute Gasteiger partial charge is 0.480 e. The predicted octanol–water partition coefficient (Wildman–Crippen LogP) is 0.516. The third kappa shape index (κ3) is 4.45. The number of hydrogen-bond donors (Lipinski definition) is 2. The monoisotopic (exact) mass is 198 g/mol. The van der Waals surface area contributed by atoms with Gasteiger partial charge in [0.05, 0.1) is 6.07 Å². The van der Waals surface area contributed by atoms with Gasteiger partial charge in [0, 0.05) is 12.8 Å². The maximum Gasteiger partial charge on any atom is 0.326 e. The smallest absolute Gasteiger partial charge is 0.326 e. The lowest BCUT2D eigenvalue weighted by Crippen LogP contribution is -2.44. The zero-order valence-corrected chi connectivity index (χ0v) is 8.28. The molecule has 0 rings (SSSR count). The zero-order chi connectivity index (χ0) is 11.1. The number of carboxylic acids is 1. The Morgan fingerprint density at radius 1 is 1.50 bits per heavy atom. The number of hydrogen-bond acceptors (Lipinski definition) is 3. The lowest BCUT2D eigenvalue weighted by Gasteiger charge is -2.17. The number of aliphatic carboxylic acids is 1. The molecule has 0 spiro atoms. The van der Waals surface area contributed by atoms with Gasteiger partial charge >= 0.3 is 5.97 Å². The SMILES string of the molecule is CC(C)[C@H](NC(=O)CCC#N)C(=O)O. The van der Waals surface area contributed by atoms with Crippen molar-refractivity contribution in [1.29, 1.82) is 5.26 Å². The molecule has 1 atom stereocenters. The summed E-state index contributed by atoms with van der Waals surface area (Å²) < 4.78 is 0.